The average molecular weight is 874 g/mol. The number of β-lactam (4-membered cyclic amide) rings is 1. The van der Waals surface area contributed by atoms with Gasteiger partial charge in [0.05, 0.1) is 37.3 Å². The summed E-state index contributed by atoms with van der Waals surface area (Å²) in [5.41, 5.74) is 0.926. The lowest BCUT2D eigenvalue weighted by Crippen LogP contribution is -2.72. The molecular weight excluding hydrogens is 818 g/mol. The molecule has 9 nitrogen and oxygen atoms in total. The number of likely N-dealkylation sites (tertiary alicyclic amines) is 1. The Morgan fingerprint density at radius 2 is 1.41 bits per heavy atom. The number of nitriles is 1. The van der Waals surface area contributed by atoms with Gasteiger partial charge in [0.1, 0.15) is 17.8 Å². The molecule has 0 aliphatic carbocycles. The highest BCUT2D eigenvalue weighted by atomic mass is 32.2. The first-order valence-corrected chi connectivity index (χ1v) is 26.2. The lowest BCUT2D eigenvalue weighted by Gasteiger charge is -2.55. The Balaban J connectivity index is 1.64. The van der Waals surface area contributed by atoms with Crippen molar-refractivity contribution < 1.29 is 28.6 Å². The second-order valence-corrected chi connectivity index (χ2v) is 26.0. The van der Waals surface area contributed by atoms with E-state index in [2.05, 4.69) is 44.9 Å². The number of benzene rings is 4. The van der Waals surface area contributed by atoms with Gasteiger partial charge in [0.2, 0.25) is 5.91 Å². The summed E-state index contributed by atoms with van der Waals surface area (Å²) in [5.74, 6) is -1.60. The smallest absolute Gasteiger partial charge is 0.356 e. The summed E-state index contributed by atoms with van der Waals surface area (Å²) in [7, 11) is -0.850. The molecule has 1 aliphatic rings. The van der Waals surface area contributed by atoms with Crippen LogP contribution in [0.3, 0.4) is 0 Å². The molecule has 1 aliphatic heterocycles. The number of thioether (sulfide) groups is 1. The van der Waals surface area contributed by atoms with Gasteiger partial charge in [0.25, 0.3) is 0 Å². The molecule has 0 spiro atoms. The fourth-order valence-electron chi connectivity index (χ4n) is 7.86. The third kappa shape index (κ3) is 9.75. The molecule has 0 bridgehead atoms. The highest BCUT2D eigenvalue weighted by molar-refractivity contribution is 7.99. The molecule has 2 heterocycles. The van der Waals surface area contributed by atoms with Gasteiger partial charge in [-0.05, 0) is 70.8 Å². The first-order chi connectivity index (χ1) is 29.2. The largest absolute Gasteiger partial charge is 0.497 e. The van der Waals surface area contributed by atoms with E-state index in [9.17, 15) is 10.4 Å². The number of methoxy groups -OCH3 is 1. The zero-order chi connectivity index (χ0) is 43.8. The molecule has 1 aromatic heterocycles. The summed E-state index contributed by atoms with van der Waals surface area (Å²) in [6, 6.07) is 42.1. The Morgan fingerprint density at radius 3 is 1.89 bits per heavy atom. The van der Waals surface area contributed by atoms with E-state index in [4.69, 9.17) is 13.9 Å². The van der Waals surface area contributed by atoms with E-state index in [0.717, 1.165) is 26.4 Å². The van der Waals surface area contributed by atoms with Crippen molar-refractivity contribution in [1.82, 2.24) is 9.88 Å². The molecule has 6 rings (SSSR count). The van der Waals surface area contributed by atoms with Crippen molar-refractivity contribution in [2.75, 3.05) is 12.9 Å². The van der Waals surface area contributed by atoms with Crippen molar-refractivity contribution in [1.29, 1.82) is 5.26 Å². The molecule has 1 saturated heterocycles. The number of hydrogen-bond donors (Lipinski definition) is 1. The van der Waals surface area contributed by atoms with Crippen molar-refractivity contribution in [3.63, 3.8) is 0 Å². The van der Waals surface area contributed by atoms with Crippen LogP contribution in [0.1, 0.15) is 39.7 Å². The van der Waals surface area contributed by atoms with Crippen LogP contribution in [-0.2, 0) is 25.4 Å². The van der Waals surface area contributed by atoms with Gasteiger partial charge in [0, 0.05) is 42.3 Å². The Bertz CT molecular complexity index is 2240. The standard InChI is InChI=1S/C49H56N3O6PSSi/c1-35(58-61(6,7)49(2,3)4)44-45(42(27-30-50)43(53)34-60-41-28-31-51-32-29-41)52(46(44)54)47(48(55)57-33-36-23-25-37(56-5)26-24-36)59(38-17-11-8-12-18-38,39-19-13-9-14-20-39)40-21-15-10-16-22-40/h8-26,28-29,31-32,35,42-45,53H,27,33-34H2,1-7H3/t35-,42+,43+,44-,45-/m1/s1. The van der Waals surface area contributed by atoms with Crippen LogP contribution in [0.15, 0.2) is 145 Å². The summed E-state index contributed by atoms with van der Waals surface area (Å²) in [6.07, 6.45) is 1.68. The molecule has 1 amide bonds. The van der Waals surface area contributed by atoms with E-state index in [-0.39, 0.29) is 35.1 Å². The summed E-state index contributed by atoms with van der Waals surface area (Å²) in [5, 5.41) is 25.1. The molecule has 5 aromatic rings. The molecule has 5 atom stereocenters. The number of aliphatic hydroxyl groups excluding tert-OH is 1. The number of ether oxygens (including phenoxy) is 2. The zero-order valence-corrected chi connectivity index (χ0v) is 38.7. The van der Waals surface area contributed by atoms with Gasteiger partial charge < -0.3 is 23.9 Å². The normalized spacial score (nSPS) is 17.0. The summed E-state index contributed by atoms with van der Waals surface area (Å²) in [4.78, 5) is 37.8. The summed E-state index contributed by atoms with van der Waals surface area (Å²) >= 11 is 1.45. The van der Waals surface area contributed by atoms with Crippen molar-refractivity contribution in [3.05, 3.63) is 145 Å². The first kappa shape index (κ1) is 45.6. The number of amides is 1. The van der Waals surface area contributed by atoms with Crippen LogP contribution in [0, 0.1) is 23.2 Å². The van der Waals surface area contributed by atoms with Crippen LogP contribution in [0.5, 0.6) is 5.75 Å². The number of carbonyl (C=O) groups is 2. The van der Waals surface area contributed by atoms with E-state index in [1.54, 1.807) is 24.4 Å². The number of aromatic nitrogens is 1. The highest BCUT2D eigenvalue weighted by Gasteiger charge is 2.60. The quantitative estimate of drug-likeness (QED) is 0.0324. The Morgan fingerprint density at radius 1 is 0.885 bits per heavy atom. The molecule has 0 radical (unpaired) electrons. The van der Waals surface area contributed by atoms with Crippen molar-refractivity contribution in [2.24, 2.45) is 11.8 Å². The molecule has 61 heavy (non-hydrogen) atoms. The van der Waals surface area contributed by atoms with Crippen LogP contribution < -0.4 is 20.7 Å². The highest BCUT2D eigenvalue weighted by Crippen LogP contribution is 2.52. The maximum atomic E-state index is 15.6. The second kappa shape index (κ2) is 19.8. The van der Waals surface area contributed by atoms with Crippen LogP contribution in [-0.4, -0.2) is 71.7 Å². The van der Waals surface area contributed by atoms with Crippen molar-refractivity contribution in [3.8, 4) is 11.8 Å². The minimum Gasteiger partial charge on any atom is -0.497 e. The van der Waals surface area contributed by atoms with Gasteiger partial charge in [-0.1, -0.05) is 124 Å². The van der Waals surface area contributed by atoms with Gasteiger partial charge in [-0.2, -0.15) is 5.26 Å². The van der Waals surface area contributed by atoms with E-state index in [1.165, 1.54) is 11.8 Å². The topological polar surface area (TPSA) is 122 Å². The summed E-state index contributed by atoms with van der Waals surface area (Å²) < 4.78 is 18.7. The minimum absolute atomic E-state index is 0.0709. The molecular formula is C49H56N3O6PSSi. The molecule has 0 saturated carbocycles. The van der Waals surface area contributed by atoms with Crippen LogP contribution in [0.25, 0.3) is 0 Å². The lowest BCUT2D eigenvalue weighted by molar-refractivity contribution is -0.163. The number of nitrogens with zero attached hydrogens (tertiary/aromatic N) is 3. The maximum absolute atomic E-state index is 15.6. The molecule has 0 unspecified atom stereocenters. The van der Waals surface area contributed by atoms with E-state index < -0.39 is 51.3 Å². The number of rotatable bonds is 17. The number of aliphatic hydroxyl groups is 1. The predicted molar refractivity (Wildman–Crippen MR) is 250 cm³/mol. The minimum atomic E-state index is -3.31. The predicted octanol–water partition coefficient (Wildman–Crippen LogP) is 8.18. The fraction of sp³-hybridized carbons (Fsp3) is 0.327. The number of esters is 1. The first-order valence-electron chi connectivity index (χ1n) is 20.6. The molecule has 1 N–H and O–H groups in total. The van der Waals surface area contributed by atoms with Crippen LogP contribution in [0.4, 0.5) is 0 Å². The monoisotopic (exact) mass is 873 g/mol. The lowest BCUT2D eigenvalue weighted by atomic mass is 9.73. The van der Waals surface area contributed by atoms with E-state index in [0.29, 0.717) is 5.75 Å². The van der Waals surface area contributed by atoms with Gasteiger partial charge in [-0.25, -0.2) is 4.79 Å². The Labute approximate surface area is 366 Å². The van der Waals surface area contributed by atoms with Crippen molar-refractivity contribution >= 4 is 60.2 Å². The molecule has 318 valence electrons. The fourth-order valence-corrected chi connectivity index (χ4v) is 14.6. The van der Waals surface area contributed by atoms with Crippen molar-refractivity contribution in [2.45, 2.75) is 82.0 Å². The van der Waals surface area contributed by atoms with E-state index >= 15 is 9.59 Å². The second-order valence-electron chi connectivity index (χ2n) is 16.8. The van der Waals surface area contributed by atoms with Crippen LogP contribution in [0.2, 0.25) is 18.1 Å². The summed E-state index contributed by atoms with van der Waals surface area (Å²) in [6.45, 7) is 9.30. The van der Waals surface area contributed by atoms with Gasteiger partial charge >= 0.3 is 5.97 Å². The van der Waals surface area contributed by atoms with Crippen LogP contribution >= 0.6 is 18.6 Å². The molecule has 1 fully saturated rings. The number of hydrogen-bond acceptors (Lipinski definition) is 9. The average Bonchev–Trinajstić information content (AvgIpc) is 3.26. The van der Waals surface area contributed by atoms with E-state index in [1.807, 2.05) is 134 Å². The SMILES string of the molecule is COc1ccc(COC(=O)C(N2C(=O)[C@H]([C@@H](C)O[Si](C)(C)C(C)(C)C)[C@H]2[C@@H](CC#N)[C@@H](O)CSc2ccncc2)=P(c2ccccc2)(c2ccccc2)c2ccccc2)cc1. The number of carbonyl (C=O) groups excluding carboxylic acids is 2. The maximum Gasteiger partial charge on any atom is 0.356 e. The van der Waals surface area contributed by atoms with Gasteiger partial charge in [-0.15, -0.1) is 11.8 Å². The van der Waals surface area contributed by atoms with Gasteiger partial charge in [-0.3, -0.25) is 9.78 Å². The number of pyridine rings is 1. The molecule has 12 heteroatoms. The zero-order valence-electron chi connectivity index (χ0n) is 36.0. The Kier molecular flexibility index (Phi) is 14.8. The van der Waals surface area contributed by atoms with Gasteiger partial charge in [0.15, 0.2) is 8.32 Å². The molecule has 4 aromatic carbocycles. The third-order valence-electron chi connectivity index (χ3n) is 12.0. The Hall–Kier alpha value is -4.95. The third-order valence-corrected chi connectivity index (χ3v) is 21.9.